The van der Waals surface area contributed by atoms with Crippen molar-refractivity contribution in [2.45, 2.75) is 11.5 Å². The van der Waals surface area contributed by atoms with Crippen LogP contribution < -0.4 is 16.0 Å². The maximum atomic E-state index is 11.4. The molecule has 5 nitrogen and oxygen atoms in total. The minimum absolute atomic E-state index is 0.170. The number of carbonyl (C=O) groups excluding carboxylic acids is 1. The number of thioether (sulfide) groups is 1. The lowest BCUT2D eigenvalue weighted by Gasteiger charge is -2.06. The molecule has 2 aromatic rings. The average molecular weight is 278 g/mol. The van der Waals surface area contributed by atoms with Crippen molar-refractivity contribution in [3.63, 3.8) is 0 Å². The predicted octanol–water partition coefficient (Wildman–Crippen LogP) is 2.18. The first kappa shape index (κ1) is 13.5. The van der Waals surface area contributed by atoms with Gasteiger partial charge in [-0.05, 0) is 36.6 Å². The zero-order valence-electron chi connectivity index (χ0n) is 10.4. The van der Waals surface area contributed by atoms with E-state index in [9.17, 15) is 4.79 Å². The zero-order valence-corrected chi connectivity index (χ0v) is 11.2. The maximum Gasteiger partial charge on any atom is 0.301 e. The zero-order chi connectivity index (χ0) is 13.7. The molecule has 100 valence electrons. The lowest BCUT2D eigenvalue weighted by Crippen LogP contribution is -2.30. The molecule has 1 aromatic carbocycles. The number of rotatable bonds is 5. The van der Waals surface area contributed by atoms with Crippen molar-refractivity contribution < 1.29 is 13.9 Å². The Morgan fingerprint density at radius 1 is 1.37 bits per heavy atom. The fourth-order valence-corrected chi connectivity index (χ4v) is 1.96. The third-order valence-corrected chi connectivity index (χ3v) is 3.28. The van der Waals surface area contributed by atoms with Crippen LogP contribution in [0.2, 0.25) is 0 Å². The average Bonchev–Trinajstić information content (AvgIpc) is 2.93. The SMILES string of the molecule is CSc1ccc(OCc2ccoc2C(=O)NN)cc1. The van der Waals surface area contributed by atoms with Crippen LogP contribution in [0.5, 0.6) is 5.75 Å². The normalized spacial score (nSPS) is 10.2. The third-order valence-electron chi connectivity index (χ3n) is 2.54. The van der Waals surface area contributed by atoms with Gasteiger partial charge in [0.15, 0.2) is 5.76 Å². The van der Waals surface area contributed by atoms with E-state index in [0.717, 1.165) is 5.75 Å². The van der Waals surface area contributed by atoms with Crippen LogP contribution in [0.3, 0.4) is 0 Å². The number of hydrogen-bond acceptors (Lipinski definition) is 5. The Morgan fingerprint density at radius 3 is 2.74 bits per heavy atom. The molecule has 6 heteroatoms. The Balaban J connectivity index is 2.02. The predicted molar refractivity (Wildman–Crippen MR) is 72.9 cm³/mol. The molecule has 1 amide bonds. The summed E-state index contributed by atoms with van der Waals surface area (Å²) in [5.41, 5.74) is 2.68. The highest BCUT2D eigenvalue weighted by molar-refractivity contribution is 7.98. The van der Waals surface area contributed by atoms with Crippen LogP contribution in [0.1, 0.15) is 16.1 Å². The van der Waals surface area contributed by atoms with Crippen molar-refractivity contribution in [3.8, 4) is 5.75 Å². The van der Waals surface area contributed by atoms with Gasteiger partial charge in [0.05, 0.1) is 6.26 Å². The van der Waals surface area contributed by atoms with Crippen molar-refractivity contribution in [2.75, 3.05) is 6.26 Å². The highest BCUT2D eigenvalue weighted by Gasteiger charge is 2.14. The molecule has 0 saturated heterocycles. The minimum Gasteiger partial charge on any atom is -0.489 e. The van der Waals surface area contributed by atoms with Gasteiger partial charge in [0, 0.05) is 10.5 Å². The molecule has 1 aromatic heterocycles. The van der Waals surface area contributed by atoms with E-state index in [4.69, 9.17) is 15.0 Å². The Labute approximate surface area is 115 Å². The van der Waals surface area contributed by atoms with Gasteiger partial charge < -0.3 is 9.15 Å². The van der Waals surface area contributed by atoms with Crippen LogP contribution in [-0.4, -0.2) is 12.2 Å². The van der Waals surface area contributed by atoms with Crippen LogP contribution in [0.4, 0.5) is 0 Å². The number of hydrazine groups is 1. The molecule has 0 bridgehead atoms. The number of ether oxygens (including phenoxy) is 1. The van der Waals surface area contributed by atoms with Crippen LogP contribution >= 0.6 is 11.8 Å². The second kappa shape index (κ2) is 6.31. The lowest BCUT2D eigenvalue weighted by molar-refractivity contribution is 0.0922. The molecule has 0 fully saturated rings. The number of amides is 1. The second-order valence-corrected chi connectivity index (χ2v) is 4.59. The summed E-state index contributed by atoms with van der Waals surface area (Å²) in [6, 6.07) is 9.40. The van der Waals surface area contributed by atoms with Crippen LogP contribution in [0.25, 0.3) is 0 Å². The molecule has 0 aliphatic rings. The summed E-state index contributed by atoms with van der Waals surface area (Å²) in [5, 5.41) is 0. The summed E-state index contributed by atoms with van der Waals surface area (Å²) in [6.07, 6.45) is 3.44. The van der Waals surface area contributed by atoms with Gasteiger partial charge in [-0.2, -0.15) is 0 Å². The first-order valence-corrected chi connectivity index (χ1v) is 6.81. The number of carbonyl (C=O) groups is 1. The van der Waals surface area contributed by atoms with Gasteiger partial charge in [-0.3, -0.25) is 10.2 Å². The van der Waals surface area contributed by atoms with Crippen LogP contribution in [0.15, 0.2) is 45.9 Å². The molecule has 0 atom stereocenters. The van der Waals surface area contributed by atoms with E-state index in [0.29, 0.717) is 5.56 Å². The molecule has 0 aliphatic carbocycles. The maximum absolute atomic E-state index is 11.4. The minimum atomic E-state index is -0.471. The Morgan fingerprint density at radius 2 is 2.11 bits per heavy atom. The van der Waals surface area contributed by atoms with Gasteiger partial charge in [-0.15, -0.1) is 11.8 Å². The van der Waals surface area contributed by atoms with E-state index in [-0.39, 0.29) is 12.4 Å². The molecule has 2 rings (SSSR count). The highest BCUT2D eigenvalue weighted by Crippen LogP contribution is 2.20. The van der Waals surface area contributed by atoms with Gasteiger partial charge >= 0.3 is 5.91 Å². The highest BCUT2D eigenvalue weighted by atomic mass is 32.2. The first-order valence-electron chi connectivity index (χ1n) is 5.58. The van der Waals surface area contributed by atoms with Gasteiger partial charge in [-0.1, -0.05) is 0 Å². The molecule has 0 unspecified atom stereocenters. The van der Waals surface area contributed by atoms with E-state index in [1.807, 2.05) is 35.9 Å². The summed E-state index contributed by atoms with van der Waals surface area (Å²) in [6.45, 7) is 0.248. The Hall–Kier alpha value is -1.92. The smallest absolute Gasteiger partial charge is 0.301 e. The molecule has 0 radical (unpaired) electrons. The molecule has 0 saturated carbocycles. The third kappa shape index (κ3) is 3.30. The van der Waals surface area contributed by atoms with Crippen molar-refractivity contribution in [3.05, 3.63) is 47.9 Å². The quantitative estimate of drug-likeness (QED) is 0.379. The molecular weight excluding hydrogens is 264 g/mol. The topological polar surface area (TPSA) is 77.5 Å². The fourth-order valence-electron chi connectivity index (χ4n) is 1.55. The van der Waals surface area contributed by atoms with E-state index >= 15 is 0 Å². The fraction of sp³-hybridized carbons (Fsp3) is 0.154. The Kier molecular flexibility index (Phi) is 4.48. The number of nitrogens with one attached hydrogen (secondary N) is 1. The van der Waals surface area contributed by atoms with E-state index in [1.54, 1.807) is 17.8 Å². The lowest BCUT2D eigenvalue weighted by atomic mass is 10.2. The van der Waals surface area contributed by atoms with Crippen molar-refractivity contribution in [1.82, 2.24) is 5.43 Å². The monoisotopic (exact) mass is 278 g/mol. The van der Waals surface area contributed by atoms with E-state index in [1.165, 1.54) is 11.2 Å². The van der Waals surface area contributed by atoms with Crippen LogP contribution in [0, 0.1) is 0 Å². The molecular formula is C13H14N2O3S. The molecule has 1 heterocycles. The number of benzene rings is 1. The Bertz CT molecular complexity index is 551. The van der Waals surface area contributed by atoms with Gasteiger partial charge in [0.2, 0.25) is 0 Å². The van der Waals surface area contributed by atoms with Gasteiger partial charge in [0.25, 0.3) is 0 Å². The first-order chi connectivity index (χ1) is 9.24. The number of furan rings is 1. The number of nitrogen functional groups attached to an aromatic ring is 1. The standard InChI is InChI=1S/C13H14N2O3S/c1-19-11-4-2-10(3-5-11)18-8-9-6-7-17-12(9)13(16)15-14/h2-7H,8,14H2,1H3,(H,15,16). The summed E-state index contributed by atoms with van der Waals surface area (Å²) in [5.74, 6) is 5.50. The van der Waals surface area contributed by atoms with Crippen molar-refractivity contribution in [1.29, 1.82) is 0 Å². The molecule has 0 spiro atoms. The van der Waals surface area contributed by atoms with E-state index in [2.05, 4.69) is 0 Å². The summed E-state index contributed by atoms with van der Waals surface area (Å²) < 4.78 is 10.7. The van der Waals surface area contributed by atoms with Crippen molar-refractivity contribution in [2.24, 2.45) is 5.84 Å². The molecule has 3 N–H and O–H groups in total. The molecule has 19 heavy (non-hydrogen) atoms. The number of hydrogen-bond donors (Lipinski definition) is 2. The summed E-state index contributed by atoms with van der Waals surface area (Å²) in [7, 11) is 0. The summed E-state index contributed by atoms with van der Waals surface area (Å²) in [4.78, 5) is 12.6. The van der Waals surface area contributed by atoms with Gasteiger partial charge in [0.1, 0.15) is 12.4 Å². The molecule has 0 aliphatic heterocycles. The van der Waals surface area contributed by atoms with E-state index < -0.39 is 5.91 Å². The van der Waals surface area contributed by atoms with Gasteiger partial charge in [-0.25, -0.2) is 5.84 Å². The largest absolute Gasteiger partial charge is 0.489 e. The van der Waals surface area contributed by atoms with Crippen molar-refractivity contribution >= 4 is 17.7 Å². The number of nitrogens with two attached hydrogens (primary N) is 1. The second-order valence-electron chi connectivity index (χ2n) is 3.71. The van der Waals surface area contributed by atoms with Crippen LogP contribution in [-0.2, 0) is 6.61 Å². The summed E-state index contributed by atoms with van der Waals surface area (Å²) >= 11 is 1.67.